The van der Waals surface area contributed by atoms with E-state index >= 15 is 0 Å². The second-order valence-electron chi connectivity index (χ2n) is 6.14. The molecule has 0 unspecified atom stereocenters. The number of aryl methyl sites for hydroxylation is 1. The maximum Gasteiger partial charge on any atom is 0.419 e. The summed E-state index contributed by atoms with van der Waals surface area (Å²) < 4.78 is 49.6. The van der Waals surface area contributed by atoms with Crippen molar-refractivity contribution < 1.29 is 17.2 Å². The van der Waals surface area contributed by atoms with Crippen LogP contribution in [-0.4, -0.2) is 22.5 Å². The molecule has 0 fully saturated rings. The number of imidazole rings is 1. The highest BCUT2D eigenvalue weighted by Gasteiger charge is 2.17. The second kappa shape index (κ2) is 6.73. The molecule has 144 valence electrons. The number of aromatic nitrogens is 3. The van der Waals surface area contributed by atoms with Gasteiger partial charge >= 0.3 is 5.76 Å². The van der Waals surface area contributed by atoms with Crippen LogP contribution in [0.3, 0.4) is 0 Å². The van der Waals surface area contributed by atoms with Crippen molar-refractivity contribution in [2.45, 2.75) is 11.4 Å². The maximum absolute atomic E-state index is 14.3. The summed E-state index contributed by atoms with van der Waals surface area (Å²) in [6.07, 6.45) is 4.62. The lowest BCUT2D eigenvalue weighted by atomic mass is 10.2. The van der Waals surface area contributed by atoms with Crippen LogP contribution in [0.4, 0.5) is 4.39 Å². The molecule has 4 rings (SSSR count). The van der Waals surface area contributed by atoms with Crippen molar-refractivity contribution in [3.63, 3.8) is 0 Å². The van der Waals surface area contributed by atoms with Gasteiger partial charge in [0, 0.05) is 32.1 Å². The first-order valence-electron chi connectivity index (χ1n) is 8.21. The molecule has 0 radical (unpaired) electrons. The van der Waals surface area contributed by atoms with Crippen LogP contribution in [0.2, 0.25) is 0 Å². The summed E-state index contributed by atoms with van der Waals surface area (Å²) in [4.78, 5) is 15.4. The van der Waals surface area contributed by atoms with Gasteiger partial charge in [-0.05, 0) is 29.8 Å². The molecule has 0 amide bonds. The van der Waals surface area contributed by atoms with E-state index in [1.54, 1.807) is 18.3 Å². The summed E-state index contributed by atoms with van der Waals surface area (Å²) in [6.45, 7) is -0.0970. The summed E-state index contributed by atoms with van der Waals surface area (Å²) in [5, 5.41) is 0. The molecule has 2 aromatic heterocycles. The lowest BCUT2D eigenvalue weighted by Crippen LogP contribution is -2.23. The Hall–Kier alpha value is -3.24. The van der Waals surface area contributed by atoms with Crippen LogP contribution in [0, 0.1) is 5.82 Å². The molecule has 10 heteroatoms. The zero-order valence-corrected chi connectivity index (χ0v) is 15.5. The van der Waals surface area contributed by atoms with E-state index in [-0.39, 0.29) is 17.0 Å². The van der Waals surface area contributed by atoms with E-state index in [1.165, 1.54) is 53.0 Å². The SMILES string of the molecule is Cn1c(=O)oc2cc(S(=O)(=O)NCc3ccc(-n4ccnc4)c(F)c3)ccc21. The normalized spacial score (nSPS) is 11.9. The predicted molar refractivity (Wildman–Crippen MR) is 99.0 cm³/mol. The van der Waals surface area contributed by atoms with Crippen molar-refractivity contribution in [3.05, 3.63) is 77.1 Å². The Bertz CT molecular complexity index is 1320. The number of halogens is 1. The third-order valence-corrected chi connectivity index (χ3v) is 5.73. The molecule has 4 aromatic rings. The Morgan fingerprint density at radius 2 is 2.04 bits per heavy atom. The summed E-state index contributed by atoms with van der Waals surface area (Å²) in [7, 11) is -2.35. The number of oxazole rings is 1. The number of rotatable bonds is 5. The van der Waals surface area contributed by atoms with Gasteiger partial charge in [-0.25, -0.2) is 27.3 Å². The Labute approximate surface area is 158 Å². The molecule has 0 spiro atoms. The monoisotopic (exact) mass is 402 g/mol. The topological polar surface area (TPSA) is 99.1 Å². The number of nitrogens with one attached hydrogen (secondary N) is 1. The lowest BCUT2D eigenvalue weighted by molar-refractivity contribution is 0.527. The summed E-state index contributed by atoms with van der Waals surface area (Å²) in [5.41, 5.74) is 1.43. The van der Waals surface area contributed by atoms with Gasteiger partial charge in [0.2, 0.25) is 10.0 Å². The van der Waals surface area contributed by atoms with Crippen molar-refractivity contribution in [2.24, 2.45) is 7.05 Å². The van der Waals surface area contributed by atoms with Crippen LogP contribution >= 0.6 is 0 Å². The van der Waals surface area contributed by atoms with Crippen LogP contribution in [0.15, 0.2) is 69.2 Å². The van der Waals surface area contributed by atoms with Gasteiger partial charge < -0.3 is 8.98 Å². The average molecular weight is 402 g/mol. The number of benzene rings is 2. The van der Waals surface area contributed by atoms with Crippen molar-refractivity contribution in [3.8, 4) is 5.69 Å². The van der Waals surface area contributed by atoms with Crippen molar-refractivity contribution in [1.29, 1.82) is 0 Å². The molecule has 0 aliphatic carbocycles. The van der Waals surface area contributed by atoms with Crippen LogP contribution in [0.25, 0.3) is 16.8 Å². The van der Waals surface area contributed by atoms with Gasteiger partial charge in [-0.1, -0.05) is 6.07 Å². The largest absolute Gasteiger partial charge is 0.419 e. The summed E-state index contributed by atoms with van der Waals surface area (Å²) >= 11 is 0. The molecule has 0 aliphatic rings. The molecular formula is C18H15FN4O4S. The van der Waals surface area contributed by atoms with Crippen molar-refractivity contribution in [2.75, 3.05) is 0 Å². The lowest BCUT2D eigenvalue weighted by Gasteiger charge is -2.09. The quantitative estimate of drug-likeness (QED) is 0.550. The molecule has 28 heavy (non-hydrogen) atoms. The van der Waals surface area contributed by atoms with Gasteiger partial charge in [0.05, 0.1) is 22.4 Å². The smallest absolute Gasteiger partial charge is 0.408 e. The van der Waals surface area contributed by atoms with E-state index in [1.807, 2.05) is 0 Å². The number of hydrogen-bond acceptors (Lipinski definition) is 5. The average Bonchev–Trinajstić information content (AvgIpc) is 3.29. The zero-order chi connectivity index (χ0) is 19.9. The molecule has 0 saturated carbocycles. The fourth-order valence-corrected chi connectivity index (χ4v) is 3.85. The van der Waals surface area contributed by atoms with Gasteiger partial charge in [0.1, 0.15) is 5.82 Å². The number of sulfonamides is 1. The van der Waals surface area contributed by atoms with Gasteiger partial charge in [0.25, 0.3) is 0 Å². The number of nitrogens with zero attached hydrogens (tertiary/aromatic N) is 3. The Morgan fingerprint density at radius 3 is 2.75 bits per heavy atom. The molecule has 1 N–H and O–H groups in total. The van der Waals surface area contributed by atoms with Crippen LogP contribution in [0.1, 0.15) is 5.56 Å². The van der Waals surface area contributed by atoms with Gasteiger partial charge in [-0.2, -0.15) is 0 Å². The fourth-order valence-electron chi connectivity index (χ4n) is 2.81. The highest BCUT2D eigenvalue weighted by molar-refractivity contribution is 7.89. The molecule has 0 aliphatic heterocycles. The standard InChI is InChI=1S/C18H15FN4O4S/c1-22-16-5-3-13(9-17(16)27-18(22)24)28(25,26)21-10-12-2-4-15(14(19)8-12)23-7-6-20-11-23/h2-9,11,21H,10H2,1H3. The first-order valence-corrected chi connectivity index (χ1v) is 9.69. The molecule has 8 nitrogen and oxygen atoms in total. The first kappa shape index (κ1) is 18.1. The van der Waals surface area contributed by atoms with Crippen LogP contribution in [0.5, 0.6) is 0 Å². The molecular weight excluding hydrogens is 387 g/mol. The molecule has 0 bridgehead atoms. The number of hydrogen-bond donors (Lipinski definition) is 1. The van der Waals surface area contributed by atoms with Crippen LogP contribution < -0.4 is 10.5 Å². The minimum Gasteiger partial charge on any atom is -0.408 e. The molecule has 2 aromatic carbocycles. The highest BCUT2D eigenvalue weighted by Crippen LogP contribution is 2.19. The van der Waals surface area contributed by atoms with Crippen LogP contribution in [-0.2, 0) is 23.6 Å². The van der Waals surface area contributed by atoms with E-state index in [0.29, 0.717) is 16.8 Å². The Morgan fingerprint density at radius 1 is 1.21 bits per heavy atom. The maximum atomic E-state index is 14.3. The molecule has 2 heterocycles. The van der Waals surface area contributed by atoms with E-state index in [0.717, 1.165) is 0 Å². The highest BCUT2D eigenvalue weighted by atomic mass is 32.2. The van der Waals surface area contributed by atoms with Gasteiger partial charge in [0.15, 0.2) is 5.58 Å². The minimum absolute atomic E-state index is 0.0511. The molecule has 0 saturated heterocycles. The second-order valence-corrected chi connectivity index (χ2v) is 7.90. The summed E-state index contributed by atoms with van der Waals surface area (Å²) in [5.74, 6) is -1.08. The van der Waals surface area contributed by atoms with Crippen molar-refractivity contribution in [1.82, 2.24) is 18.8 Å². The van der Waals surface area contributed by atoms with Crippen molar-refractivity contribution >= 4 is 21.1 Å². The van der Waals surface area contributed by atoms with Gasteiger partial charge in [-0.15, -0.1) is 0 Å². The first-order chi connectivity index (χ1) is 13.3. The fraction of sp³-hybridized carbons (Fsp3) is 0.111. The van der Waals surface area contributed by atoms with E-state index in [9.17, 15) is 17.6 Å². The van der Waals surface area contributed by atoms with E-state index in [2.05, 4.69) is 9.71 Å². The summed E-state index contributed by atoms with van der Waals surface area (Å²) in [6, 6.07) is 8.58. The van der Waals surface area contributed by atoms with Gasteiger partial charge in [-0.3, -0.25) is 4.57 Å². The Kier molecular flexibility index (Phi) is 4.36. The number of fused-ring (bicyclic) bond motifs is 1. The van der Waals surface area contributed by atoms with E-state index in [4.69, 9.17) is 4.42 Å². The Balaban J connectivity index is 1.55. The third kappa shape index (κ3) is 3.23. The zero-order valence-electron chi connectivity index (χ0n) is 14.7. The third-order valence-electron chi connectivity index (χ3n) is 4.34. The minimum atomic E-state index is -3.88. The predicted octanol–water partition coefficient (Wildman–Crippen LogP) is 1.93. The molecule has 0 atom stereocenters. The van der Waals surface area contributed by atoms with E-state index < -0.39 is 21.6 Å².